The zero-order valence-corrected chi connectivity index (χ0v) is 19.3. The summed E-state index contributed by atoms with van der Waals surface area (Å²) < 4.78 is 11.9. The highest BCUT2D eigenvalue weighted by atomic mass is 33.1. The lowest BCUT2D eigenvalue weighted by Gasteiger charge is -2.15. The molecule has 2 nitrogen and oxygen atoms in total. The van der Waals surface area contributed by atoms with Gasteiger partial charge in [0, 0.05) is 9.79 Å². The van der Waals surface area contributed by atoms with Gasteiger partial charge < -0.3 is 9.47 Å². The third kappa shape index (κ3) is 8.83. The van der Waals surface area contributed by atoms with E-state index in [0.29, 0.717) is 0 Å². The Labute approximate surface area is 179 Å². The minimum Gasteiger partial charge on any atom is -0.491 e. The smallest absolute Gasteiger partial charge is 0.119 e. The summed E-state index contributed by atoms with van der Waals surface area (Å²) in [6.07, 6.45) is 7.63. The molecule has 0 aliphatic carbocycles. The van der Waals surface area contributed by atoms with Crippen LogP contribution in [0.2, 0.25) is 0 Å². The predicted molar refractivity (Wildman–Crippen MR) is 124 cm³/mol. The molecule has 0 radical (unpaired) electrons. The molecule has 0 heterocycles. The zero-order valence-electron chi connectivity index (χ0n) is 17.6. The van der Waals surface area contributed by atoms with Gasteiger partial charge >= 0.3 is 0 Å². The maximum Gasteiger partial charge on any atom is 0.119 e. The first-order valence-electron chi connectivity index (χ1n) is 10.5. The van der Waals surface area contributed by atoms with Crippen LogP contribution in [0.25, 0.3) is 0 Å². The molecule has 2 aromatic carbocycles. The molecule has 0 aromatic heterocycles. The van der Waals surface area contributed by atoms with E-state index >= 15 is 0 Å². The van der Waals surface area contributed by atoms with Crippen molar-refractivity contribution in [2.24, 2.45) is 0 Å². The average molecular weight is 419 g/mol. The largest absolute Gasteiger partial charge is 0.491 e. The van der Waals surface area contributed by atoms with Crippen LogP contribution in [0.5, 0.6) is 11.5 Å². The molecule has 2 rings (SSSR count). The molecule has 2 unspecified atom stereocenters. The lowest BCUT2D eigenvalue weighted by Crippen LogP contribution is -2.11. The lowest BCUT2D eigenvalue weighted by atomic mass is 10.2. The Kier molecular flexibility index (Phi) is 10.7. The average Bonchev–Trinajstić information content (AvgIpc) is 2.71. The van der Waals surface area contributed by atoms with E-state index in [-0.39, 0.29) is 12.2 Å². The summed E-state index contributed by atoms with van der Waals surface area (Å²) in [6.45, 7) is 8.72. The predicted octanol–water partition coefficient (Wildman–Crippen LogP) is 8.40. The SMILES string of the molecule is CCCCC(C)Oc1ccc(SSc2ccc(OC(C)CCCC)cc2)cc1. The van der Waals surface area contributed by atoms with Crippen LogP contribution < -0.4 is 9.47 Å². The maximum absolute atomic E-state index is 5.97. The van der Waals surface area contributed by atoms with Gasteiger partial charge in [-0.2, -0.15) is 0 Å². The van der Waals surface area contributed by atoms with Gasteiger partial charge in [0.05, 0.1) is 12.2 Å². The molecular weight excluding hydrogens is 384 g/mol. The minimum atomic E-state index is 0.276. The molecule has 0 aliphatic rings. The highest BCUT2D eigenvalue weighted by Gasteiger charge is 2.06. The van der Waals surface area contributed by atoms with E-state index < -0.39 is 0 Å². The molecule has 0 N–H and O–H groups in total. The summed E-state index contributed by atoms with van der Waals surface area (Å²) in [5, 5.41) is 0. The van der Waals surface area contributed by atoms with Gasteiger partial charge in [0.1, 0.15) is 11.5 Å². The summed E-state index contributed by atoms with van der Waals surface area (Å²) in [7, 11) is 3.53. The lowest BCUT2D eigenvalue weighted by molar-refractivity contribution is 0.207. The van der Waals surface area contributed by atoms with Crippen molar-refractivity contribution in [1.82, 2.24) is 0 Å². The van der Waals surface area contributed by atoms with Crippen molar-refractivity contribution in [3.05, 3.63) is 48.5 Å². The van der Waals surface area contributed by atoms with Crippen LogP contribution in [0.3, 0.4) is 0 Å². The number of unbranched alkanes of at least 4 members (excludes halogenated alkanes) is 2. The van der Waals surface area contributed by atoms with E-state index in [1.54, 1.807) is 21.6 Å². The van der Waals surface area contributed by atoms with Crippen LogP contribution in [-0.2, 0) is 0 Å². The van der Waals surface area contributed by atoms with Gasteiger partial charge in [-0.1, -0.05) is 61.1 Å². The van der Waals surface area contributed by atoms with E-state index in [0.717, 1.165) is 24.3 Å². The fourth-order valence-corrected chi connectivity index (χ4v) is 4.74. The number of ether oxygens (including phenoxy) is 2. The van der Waals surface area contributed by atoms with E-state index in [9.17, 15) is 0 Å². The van der Waals surface area contributed by atoms with Crippen LogP contribution in [-0.4, -0.2) is 12.2 Å². The molecule has 154 valence electrons. The second-order valence-electron chi connectivity index (χ2n) is 7.25. The third-order valence-electron chi connectivity index (χ3n) is 4.48. The van der Waals surface area contributed by atoms with Crippen molar-refractivity contribution in [1.29, 1.82) is 0 Å². The summed E-state index contributed by atoms with van der Waals surface area (Å²) in [6, 6.07) is 16.8. The standard InChI is InChI=1S/C24H34O2S2/c1-5-7-9-19(3)25-21-11-15-23(16-12-21)27-28-24-17-13-22(14-18-24)26-20(4)10-8-6-2/h11-20H,5-10H2,1-4H3. The Hall–Kier alpha value is -1.26. The molecule has 0 bridgehead atoms. The monoisotopic (exact) mass is 418 g/mol. The van der Waals surface area contributed by atoms with Crippen molar-refractivity contribution in [2.75, 3.05) is 0 Å². The number of benzene rings is 2. The topological polar surface area (TPSA) is 18.5 Å². The van der Waals surface area contributed by atoms with Crippen LogP contribution in [0.15, 0.2) is 58.3 Å². The van der Waals surface area contributed by atoms with Gasteiger partial charge in [-0.05, 0) is 75.2 Å². The maximum atomic E-state index is 5.97. The molecular formula is C24H34O2S2. The number of hydrogen-bond acceptors (Lipinski definition) is 4. The zero-order chi connectivity index (χ0) is 20.2. The van der Waals surface area contributed by atoms with E-state index in [2.05, 4.69) is 76.2 Å². The van der Waals surface area contributed by atoms with E-state index in [1.165, 1.54) is 35.5 Å². The molecule has 2 aromatic rings. The Morgan fingerprint density at radius 2 is 1.00 bits per heavy atom. The molecule has 4 heteroatoms. The fourth-order valence-electron chi connectivity index (χ4n) is 2.81. The Morgan fingerprint density at radius 1 is 0.643 bits per heavy atom. The van der Waals surface area contributed by atoms with Gasteiger partial charge in [-0.3, -0.25) is 0 Å². The molecule has 0 fully saturated rings. The first-order chi connectivity index (χ1) is 13.6. The number of rotatable bonds is 13. The van der Waals surface area contributed by atoms with Gasteiger partial charge in [-0.25, -0.2) is 0 Å². The Bertz CT molecular complexity index is 596. The summed E-state index contributed by atoms with van der Waals surface area (Å²) in [4.78, 5) is 2.46. The number of hydrogen-bond donors (Lipinski definition) is 0. The highest BCUT2D eigenvalue weighted by molar-refractivity contribution is 8.76. The molecule has 0 aliphatic heterocycles. The normalized spacial score (nSPS) is 13.1. The highest BCUT2D eigenvalue weighted by Crippen LogP contribution is 2.38. The van der Waals surface area contributed by atoms with Gasteiger partial charge in [0.15, 0.2) is 0 Å². The fraction of sp³-hybridized carbons (Fsp3) is 0.500. The molecule has 0 saturated heterocycles. The molecule has 0 amide bonds. The summed E-state index contributed by atoms with van der Waals surface area (Å²) >= 11 is 0. The van der Waals surface area contributed by atoms with E-state index in [1.807, 2.05) is 0 Å². The van der Waals surface area contributed by atoms with Gasteiger partial charge in [-0.15, -0.1) is 0 Å². The van der Waals surface area contributed by atoms with Crippen molar-refractivity contribution < 1.29 is 9.47 Å². The Morgan fingerprint density at radius 3 is 1.32 bits per heavy atom. The van der Waals surface area contributed by atoms with Crippen LogP contribution >= 0.6 is 21.6 Å². The first-order valence-corrected chi connectivity index (χ1v) is 12.6. The van der Waals surface area contributed by atoms with Crippen LogP contribution in [0.4, 0.5) is 0 Å². The van der Waals surface area contributed by atoms with Crippen LogP contribution in [0.1, 0.15) is 66.2 Å². The van der Waals surface area contributed by atoms with Crippen molar-refractivity contribution in [3.8, 4) is 11.5 Å². The summed E-state index contributed by atoms with van der Waals surface area (Å²) in [5.41, 5.74) is 0. The van der Waals surface area contributed by atoms with Gasteiger partial charge in [0.25, 0.3) is 0 Å². The second kappa shape index (κ2) is 13.1. The van der Waals surface area contributed by atoms with Crippen molar-refractivity contribution in [2.45, 2.75) is 88.2 Å². The minimum absolute atomic E-state index is 0.276. The quantitative estimate of drug-likeness (QED) is 0.304. The molecule has 2 atom stereocenters. The molecule has 28 heavy (non-hydrogen) atoms. The van der Waals surface area contributed by atoms with Crippen molar-refractivity contribution >= 4 is 21.6 Å². The first kappa shape index (κ1) is 23.0. The third-order valence-corrected chi connectivity index (χ3v) is 6.90. The molecule has 0 spiro atoms. The molecule has 0 saturated carbocycles. The van der Waals surface area contributed by atoms with E-state index in [4.69, 9.17) is 9.47 Å². The Balaban J connectivity index is 1.77. The van der Waals surface area contributed by atoms with Crippen LogP contribution in [0, 0.1) is 0 Å². The van der Waals surface area contributed by atoms with Crippen molar-refractivity contribution in [3.63, 3.8) is 0 Å². The second-order valence-corrected chi connectivity index (χ2v) is 9.53. The summed E-state index contributed by atoms with van der Waals surface area (Å²) in [5.74, 6) is 1.91. The van der Waals surface area contributed by atoms with Gasteiger partial charge in [0.2, 0.25) is 0 Å².